The summed E-state index contributed by atoms with van der Waals surface area (Å²) in [4.78, 5) is 60.7. The van der Waals surface area contributed by atoms with Gasteiger partial charge in [0.25, 0.3) is 5.91 Å². The number of benzene rings is 2. The molecule has 16 heteroatoms. The van der Waals surface area contributed by atoms with Gasteiger partial charge in [0.05, 0.1) is 24.0 Å². The van der Waals surface area contributed by atoms with Gasteiger partial charge in [-0.05, 0) is 80.4 Å². The van der Waals surface area contributed by atoms with Crippen molar-refractivity contribution >= 4 is 52.2 Å². The fourth-order valence-corrected chi connectivity index (χ4v) is 7.63. The molecule has 1 aromatic heterocycles. The van der Waals surface area contributed by atoms with Crippen LogP contribution < -0.4 is 19.9 Å². The number of pyridine rings is 1. The highest BCUT2D eigenvalue weighted by Crippen LogP contribution is 2.39. The molecule has 0 aliphatic carbocycles. The Kier molecular flexibility index (Phi) is 11.6. The van der Waals surface area contributed by atoms with Gasteiger partial charge in [0, 0.05) is 57.2 Å². The average molecular weight is 776 g/mol. The van der Waals surface area contributed by atoms with Crippen LogP contribution in [0.3, 0.4) is 0 Å². The number of halogens is 3. The molecule has 0 saturated carbocycles. The highest BCUT2D eigenvalue weighted by Gasteiger charge is 2.51. The summed E-state index contributed by atoms with van der Waals surface area (Å²) in [7, 11) is 0. The SMILES string of the molecule is CC1(C)C(=O)N(c2cnc(C#N)c(C(F)(F)F)c2)C(=S)N1c1ccc(OCCN2CCN(CC(=O)Cc3cccc(CC4CCC(=O)NC4=O)c3)CC2)cc1. The van der Waals surface area contributed by atoms with Gasteiger partial charge in [-0.15, -0.1) is 0 Å². The fourth-order valence-electron chi connectivity index (χ4n) is 7.11. The molecule has 0 bridgehead atoms. The molecule has 2 aromatic carbocycles. The number of amides is 3. The maximum Gasteiger partial charge on any atom is 0.419 e. The van der Waals surface area contributed by atoms with Crippen molar-refractivity contribution in [2.24, 2.45) is 5.92 Å². The predicted octanol–water partition coefficient (Wildman–Crippen LogP) is 4.29. The summed E-state index contributed by atoms with van der Waals surface area (Å²) in [6, 6.07) is 16.8. The number of carbonyl (C=O) groups is 4. The number of nitriles is 1. The number of anilines is 2. The van der Waals surface area contributed by atoms with Crippen LogP contribution in [0.5, 0.6) is 5.75 Å². The van der Waals surface area contributed by atoms with Gasteiger partial charge in [-0.25, -0.2) is 4.98 Å². The average Bonchev–Trinajstić information content (AvgIpc) is 3.32. The van der Waals surface area contributed by atoms with Gasteiger partial charge < -0.3 is 9.64 Å². The molecular weight excluding hydrogens is 736 g/mol. The molecule has 1 atom stereocenters. The molecule has 3 saturated heterocycles. The van der Waals surface area contributed by atoms with Gasteiger partial charge >= 0.3 is 6.18 Å². The van der Waals surface area contributed by atoms with E-state index in [1.54, 1.807) is 43.0 Å². The van der Waals surface area contributed by atoms with Crippen molar-refractivity contribution in [1.82, 2.24) is 20.1 Å². The van der Waals surface area contributed by atoms with Crippen LogP contribution in [0.1, 0.15) is 49.1 Å². The summed E-state index contributed by atoms with van der Waals surface area (Å²) in [5.41, 5.74) is -1.04. The molecule has 3 aliphatic heterocycles. The number of Topliss-reactive ketones (excluding diaryl/α,β-unsaturated/α-hetero) is 1. The number of thiocarbonyl (C=S) groups is 1. The Morgan fingerprint density at radius 2 is 1.71 bits per heavy atom. The number of rotatable bonds is 12. The second kappa shape index (κ2) is 16.2. The first kappa shape index (κ1) is 39.5. The van der Waals surface area contributed by atoms with E-state index in [1.165, 1.54) is 6.07 Å². The van der Waals surface area contributed by atoms with E-state index < -0.39 is 28.9 Å². The monoisotopic (exact) mass is 775 g/mol. The Labute approximate surface area is 321 Å². The molecule has 6 rings (SSSR count). The van der Waals surface area contributed by atoms with Crippen molar-refractivity contribution in [3.05, 3.63) is 83.2 Å². The normalized spacial score (nSPS) is 19.4. The molecule has 0 radical (unpaired) electrons. The second-order valence-corrected chi connectivity index (χ2v) is 14.7. The highest BCUT2D eigenvalue weighted by molar-refractivity contribution is 7.81. The molecule has 4 heterocycles. The van der Waals surface area contributed by atoms with E-state index in [9.17, 15) is 32.3 Å². The number of imide groups is 1. The smallest absolute Gasteiger partial charge is 0.419 e. The molecule has 288 valence electrons. The Morgan fingerprint density at radius 3 is 2.38 bits per heavy atom. The quantitative estimate of drug-likeness (QED) is 0.208. The van der Waals surface area contributed by atoms with Crippen molar-refractivity contribution in [3.63, 3.8) is 0 Å². The topological polar surface area (TPSA) is 139 Å². The minimum Gasteiger partial charge on any atom is -0.492 e. The molecule has 12 nitrogen and oxygen atoms in total. The van der Waals surface area contributed by atoms with Gasteiger partial charge in [0.15, 0.2) is 16.6 Å². The molecule has 55 heavy (non-hydrogen) atoms. The van der Waals surface area contributed by atoms with Gasteiger partial charge in [-0.3, -0.25) is 39.2 Å². The van der Waals surface area contributed by atoms with E-state index >= 15 is 0 Å². The van der Waals surface area contributed by atoms with Crippen LogP contribution >= 0.6 is 12.2 Å². The molecule has 3 aliphatic rings. The third-order valence-electron chi connectivity index (χ3n) is 10.1. The number of ketones is 1. The number of alkyl halides is 3. The lowest BCUT2D eigenvalue weighted by Crippen LogP contribution is -2.48. The lowest BCUT2D eigenvalue weighted by atomic mass is 9.90. The first-order chi connectivity index (χ1) is 26.1. The molecule has 1 unspecified atom stereocenters. The Balaban J connectivity index is 0.954. The van der Waals surface area contributed by atoms with Crippen molar-refractivity contribution in [3.8, 4) is 11.8 Å². The first-order valence-electron chi connectivity index (χ1n) is 17.9. The Hall–Kier alpha value is -5.24. The number of hydrogen-bond acceptors (Lipinski definition) is 10. The van der Waals surface area contributed by atoms with Gasteiger partial charge in [0.2, 0.25) is 11.8 Å². The van der Waals surface area contributed by atoms with Crippen molar-refractivity contribution in [2.45, 2.75) is 51.2 Å². The van der Waals surface area contributed by atoms with Crippen molar-refractivity contribution in [1.29, 1.82) is 5.26 Å². The van der Waals surface area contributed by atoms with Crippen LogP contribution in [-0.2, 0) is 38.2 Å². The summed E-state index contributed by atoms with van der Waals surface area (Å²) in [6.45, 7) is 7.74. The van der Waals surface area contributed by atoms with Crippen LogP contribution in [0.25, 0.3) is 0 Å². The lowest BCUT2D eigenvalue weighted by Gasteiger charge is -2.34. The number of hydrogen-bond donors (Lipinski definition) is 1. The maximum atomic E-state index is 13.6. The van der Waals surface area contributed by atoms with Crippen LogP contribution in [0.4, 0.5) is 24.5 Å². The molecule has 1 N–H and O–H groups in total. The minimum atomic E-state index is -4.85. The summed E-state index contributed by atoms with van der Waals surface area (Å²) >= 11 is 5.60. The summed E-state index contributed by atoms with van der Waals surface area (Å²) in [5, 5.41) is 11.5. The lowest BCUT2D eigenvalue weighted by molar-refractivity contribution is -0.138. The zero-order valence-electron chi connectivity index (χ0n) is 30.4. The number of carbonyl (C=O) groups excluding carboxylic acids is 4. The number of ether oxygens (including phenoxy) is 1. The summed E-state index contributed by atoms with van der Waals surface area (Å²) < 4.78 is 46.9. The third-order valence-corrected chi connectivity index (χ3v) is 10.4. The van der Waals surface area contributed by atoms with Gasteiger partial charge in [0.1, 0.15) is 24.0 Å². The highest BCUT2D eigenvalue weighted by atomic mass is 32.1. The van der Waals surface area contributed by atoms with E-state index in [-0.39, 0.29) is 34.3 Å². The summed E-state index contributed by atoms with van der Waals surface area (Å²) in [5.74, 6) is -0.553. The zero-order chi connectivity index (χ0) is 39.5. The first-order valence-corrected chi connectivity index (χ1v) is 18.3. The minimum absolute atomic E-state index is 0.0274. The molecule has 3 aromatic rings. The number of piperidine rings is 1. The van der Waals surface area contributed by atoms with Crippen molar-refractivity contribution < 1.29 is 37.1 Å². The van der Waals surface area contributed by atoms with Crippen LogP contribution in [0.2, 0.25) is 0 Å². The van der Waals surface area contributed by atoms with Gasteiger partial charge in [-0.2, -0.15) is 18.4 Å². The number of piperazine rings is 1. The van der Waals surface area contributed by atoms with E-state index in [4.69, 9.17) is 22.2 Å². The van der Waals surface area contributed by atoms with E-state index in [0.29, 0.717) is 62.9 Å². The second-order valence-electron chi connectivity index (χ2n) is 14.4. The van der Waals surface area contributed by atoms with E-state index in [1.807, 2.05) is 24.3 Å². The van der Waals surface area contributed by atoms with Crippen LogP contribution in [0, 0.1) is 17.2 Å². The Bertz CT molecular complexity index is 2030. The molecule has 3 fully saturated rings. The zero-order valence-corrected chi connectivity index (χ0v) is 31.2. The van der Waals surface area contributed by atoms with E-state index in [2.05, 4.69) is 20.1 Å². The maximum absolute atomic E-state index is 13.6. The number of aromatic nitrogens is 1. The standard InChI is InChI=1S/C39H40F3N7O5S/c1-38(2)36(53)48(29-21-32(39(40,41)42)33(22-43)44-23-29)37(55)49(38)28-7-9-31(10-8-28)54-17-16-46-12-14-47(15-13-46)24-30(50)20-26-5-3-4-25(18-26)19-27-6-11-34(51)45-35(27)52/h3-5,7-10,18,21,23,27H,6,11-17,19-20,24H2,1-2H3,(H,45,51,52). The molecule has 0 spiro atoms. The molecular formula is C39H40F3N7O5S. The van der Waals surface area contributed by atoms with Crippen molar-refractivity contribution in [2.75, 3.05) is 55.7 Å². The summed E-state index contributed by atoms with van der Waals surface area (Å²) in [6.07, 6.45) is -2.11. The van der Waals surface area contributed by atoms with Crippen LogP contribution in [0.15, 0.2) is 60.8 Å². The largest absolute Gasteiger partial charge is 0.492 e. The number of nitrogens with zero attached hydrogens (tertiary/aromatic N) is 6. The number of nitrogens with one attached hydrogen (secondary N) is 1. The van der Waals surface area contributed by atoms with Crippen LogP contribution in [-0.4, -0.2) is 94.8 Å². The predicted molar refractivity (Wildman–Crippen MR) is 200 cm³/mol. The fraction of sp³-hybridized carbons (Fsp3) is 0.410. The third kappa shape index (κ3) is 9.01. The van der Waals surface area contributed by atoms with E-state index in [0.717, 1.165) is 48.4 Å². The molecule has 3 amide bonds. The van der Waals surface area contributed by atoms with Gasteiger partial charge in [-0.1, -0.05) is 24.3 Å². The Morgan fingerprint density at radius 1 is 1.02 bits per heavy atom.